The average molecular weight is 222 g/mol. The zero-order valence-corrected chi connectivity index (χ0v) is 9.36. The van der Waals surface area contributed by atoms with Crippen molar-refractivity contribution >= 4 is 5.97 Å². The molecule has 0 saturated heterocycles. The van der Waals surface area contributed by atoms with Gasteiger partial charge < -0.3 is 14.2 Å². The van der Waals surface area contributed by atoms with E-state index in [1.165, 1.54) is 7.11 Å². The Morgan fingerprint density at radius 2 is 2.12 bits per heavy atom. The molecule has 0 saturated carbocycles. The number of hydrogen-bond acceptors (Lipinski definition) is 4. The van der Waals surface area contributed by atoms with Gasteiger partial charge in [-0.2, -0.15) is 0 Å². The summed E-state index contributed by atoms with van der Waals surface area (Å²) in [5.74, 6) is 1.08. The number of para-hydroxylation sites is 2. The van der Waals surface area contributed by atoms with E-state index < -0.39 is 5.60 Å². The second-order valence-corrected chi connectivity index (χ2v) is 4.04. The number of ether oxygens (including phenoxy) is 3. The molecule has 0 unspecified atom stereocenters. The lowest BCUT2D eigenvalue weighted by atomic mass is 10.0. The minimum absolute atomic E-state index is 0.178. The van der Waals surface area contributed by atoms with Crippen LogP contribution >= 0.6 is 0 Å². The molecule has 0 fully saturated rings. The topological polar surface area (TPSA) is 44.8 Å². The van der Waals surface area contributed by atoms with Crippen molar-refractivity contribution in [1.29, 1.82) is 0 Å². The molecule has 2 rings (SSSR count). The molecule has 1 heterocycles. The summed E-state index contributed by atoms with van der Waals surface area (Å²) in [5.41, 5.74) is -0.651. The molecule has 0 radical (unpaired) electrons. The summed E-state index contributed by atoms with van der Waals surface area (Å²) >= 11 is 0. The van der Waals surface area contributed by atoms with Crippen LogP contribution in [0.3, 0.4) is 0 Å². The molecule has 4 nitrogen and oxygen atoms in total. The van der Waals surface area contributed by atoms with Crippen molar-refractivity contribution in [2.45, 2.75) is 18.9 Å². The first-order valence-corrected chi connectivity index (χ1v) is 5.11. The Bertz CT molecular complexity index is 402. The lowest BCUT2D eigenvalue weighted by molar-refractivity contribution is -0.146. The zero-order valence-electron chi connectivity index (χ0n) is 9.36. The van der Waals surface area contributed by atoms with Crippen LogP contribution in [0.1, 0.15) is 13.3 Å². The van der Waals surface area contributed by atoms with Gasteiger partial charge in [0.2, 0.25) is 0 Å². The molecule has 0 aliphatic carbocycles. The molecule has 0 amide bonds. The molecule has 86 valence electrons. The Balaban J connectivity index is 2.14. The summed E-state index contributed by atoms with van der Waals surface area (Å²) in [4.78, 5) is 11.2. The lowest BCUT2D eigenvalue weighted by Crippen LogP contribution is -2.44. The Morgan fingerprint density at radius 1 is 1.44 bits per heavy atom. The van der Waals surface area contributed by atoms with Gasteiger partial charge in [0.05, 0.1) is 13.5 Å². The molecule has 0 aromatic heterocycles. The fraction of sp³-hybridized carbons (Fsp3) is 0.417. The van der Waals surface area contributed by atoms with E-state index in [0.29, 0.717) is 18.1 Å². The van der Waals surface area contributed by atoms with Crippen LogP contribution in [0.25, 0.3) is 0 Å². The van der Waals surface area contributed by atoms with E-state index in [1.54, 1.807) is 0 Å². The first-order chi connectivity index (χ1) is 7.63. The summed E-state index contributed by atoms with van der Waals surface area (Å²) in [5, 5.41) is 0. The number of rotatable bonds is 2. The van der Waals surface area contributed by atoms with Gasteiger partial charge in [-0.05, 0) is 19.1 Å². The molecule has 1 aromatic rings. The number of benzene rings is 1. The van der Waals surface area contributed by atoms with Gasteiger partial charge in [0.1, 0.15) is 6.61 Å². The lowest BCUT2D eigenvalue weighted by Gasteiger charge is -2.34. The summed E-state index contributed by atoms with van der Waals surface area (Å²) in [6, 6.07) is 7.41. The van der Waals surface area contributed by atoms with E-state index in [2.05, 4.69) is 4.74 Å². The number of methoxy groups -OCH3 is 1. The number of esters is 1. The Kier molecular flexibility index (Phi) is 2.73. The van der Waals surface area contributed by atoms with Crippen molar-refractivity contribution in [1.82, 2.24) is 0 Å². The quantitative estimate of drug-likeness (QED) is 0.715. The van der Waals surface area contributed by atoms with Gasteiger partial charge in [0.25, 0.3) is 0 Å². The van der Waals surface area contributed by atoms with Crippen molar-refractivity contribution < 1.29 is 19.0 Å². The molecular formula is C12H14O4. The van der Waals surface area contributed by atoms with Crippen LogP contribution in [-0.4, -0.2) is 25.3 Å². The van der Waals surface area contributed by atoms with E-state index in [-0.39, 0.29) is 12.4 Å². The van der Waals surface area contributed by atoms with Crippen LogP contribution in [0.15, 0.2) is 24.3 Å². The summed E-state index contributed by atoms with van der Waals surface area (Å²) in [6.07, 6.45) is 0.178. The highest BCUT2D eigenvalue weighted by Crippen LogP contribution is 2.35. The van der Waals surface area contributed by atoms with Gasteiger partial charge in [-0.25, -0.2) is 0 Å². The normalized spacial score (nSPS) is 22.6. The zero-order chi connectivity index (χ0) is 11.6. The van der Waals surface area contributed by atoms with Gasteiger partial charge in [0, 0.05) is 0 Å². The van der Waals surface area contributed by atoms with Gasteiger partial charge in [-0.15, -0.1) is 0 Å². The molecule has 1 aromatic carbocycles. The van der Waals surface area contributed by atoms with Crippen LogP contribution < -0.4 is 9.47 Å². The van der Waals surface area contributed by atoms with E-state index in [4.69, 9.17) is 9.47 Å². The number of carbonyl (C=O) groups excluding carboxylic acids is 1. The highest BCUT2D eigenvalue weighted by atomic mass is 16.6. The largest absolute Gasteiger partial charge is 0.486 e. The SMILES string of the molecule is COC(=O)C[C@]1(C)COc2ccccc2O1. The second-order valence-electron chi connectivity index (χ2n) is 4.04. The Morgan fingerprint density at radius 3 is 2.81 bits per heavy atom. The molecule has 16 heavy (non-hydrogen) atoms. The van der Waals surface area contributed by atoms with Crippen molar-refractivity contribution in [3.8, 4) is 11.5 Å². The summed E-state index contributed by atoms with van der Waals surface area (Å²) in [6.45, 7) is 2.18. The van der Waals surface area contributed by atoms with Gasteiger partial charge >= 0.3 is 5.97 Å². The third kappa shape index (κ3) is 2.10. The molecule has 1 aliphatic heterocycles. The minimum Gasteiger partial charge on any atom is -0.486 e. The Labute approximate surface area is 94.1 Å². The molecule has 0 bridgehead atoms. The molecule has 1 atom stereocenters. The Hall–Kier alpha value is -1.71. The van der Waals surface area contributed by atoms with E-state index in [1.807, 2.05) is 31.2 Å². The van der Waals surface area contributed by atoms with E-state index in [0.717, 1.165) is 0 Å². The van der Waals surface area contributed by atoms with Crippen LogP contribution in [0.5, 0.6) is 11.5 Å². The second kappa shape index (κ2) is 4.04. The summed E-state index contributed by atoms with van der Waals surface area (Å²) < 4.78 is 15.9. The fourth-order valence-electron chi connectivity index (χ4n) is 1.64. The van der Waals surface area contributed by atoms with Crippen LogP contribution in [0.2, 0.25) is 0 Å². The van der Waals surface area contributed by atoms with Crippen LogP contribution in [0.4, 0.5) is 0 Å². The molecule has 0 spiro atoms. The first-order valence-electron chi connectivity index (χ1n) is 5.11. The smallest absolute Gasteiger partial charge is 0.309 e. The van der Waals surface area contributed by atoms with Crippen LogP contribution in [-0.2, 0) is 9.53 Å². The maximum absolute atomic E-state index is 11.2. The third-order valence-electron chi connectivity index (χ3n) is 2.48. The standard InChI is InChI=1S/C12H14O4/c1-12(7-11(13)14-2)8-15-9-5-3-4-6-10(9)16-12/h3-6H,7-8H2,1-2H3/t12-/m1/s1. The van der Waals surface area contributed by atoms with Gasteiger partial charge in [0.15, 0.2) is 17.1 Å². The van der Waals surface area contributed by atoms with E-state index in [9.17, 15) is 4.79 Å². The number of fused-ring (bicyclic) bond motifs is 1. The van der Waals surface area contributed by atoms with Crippen molar-refractivity contribution in [3.63, 3.8) is 0 Å². The predicted molar refractivity (Wildman–Crippen MR) is 57.6 cm³/mol. The van der Waals surface area contributed by atoms with Crippen molar-refractivity contribution in [2.75, 3.05) is 13.7 Å². The third-order valence-corrected chi connectivity index (χ3v) is 2.48. The molecule has 1 aliphatic rings. The predicted octanol–water partition coefficient (Wildman–Crippen LogP) is 1.78. The highest BCUT2D eigenvalue weighted by Gasteiger charge is 2.35. The average Bonchev–Trinajstić information content (AvgIpc) is 2.28. The monoisotopic (exact) mass is 222 g/mol. The maximum Gasteiger partial charge on any atom is 0.309 e. The number of hydrogen-bond donors (Lipinski definition) is 0. The van der Waals surface area contributed by atoms with Crippen molar-refractivity contribution in [2.24, 2.45) is 0 Å². The minimum atomic E-state index is -0.651. The van der Waals surface area contributed by atoms with Crippen LogP contribution in [0, 0.1) is 0 Å². The number of carbonyl (C=O) groups is 1. The highest BCUT2D eigenvalue weighted by molar-refractivity contribution is 5.70. The summed E-state index contributed by atoms with van der Waals surface area (Å²) in [7, 11) is 1.36. The fourth-order valence-corrected chi connectivity index (χ4v) is 1.64. The molecule has 4 heteroatoms. The van der Waals surface area contributed by atoms with E-state index >= 15 is 0 Å². The first kappa shape index (κ1) is 10.8. The maximum atomic E-state index is 11.2. The van der Waals surface area contributed by atoms with Crippen molar-refractivity contribution in [3.05, 3.63) is 24.3 Å². The van der Waals surface area contributed by atoms with Gasteiger partial charge in [-0.1, -0.05) is 12.1 Å². The molecular weight excluding hydrogens is 208 g/mol. The molecule has 0 N–H and O–H groups in total. The van der Waals surface area contributed by atoms with Gasteiger partial charge in [-0.3, -0.25) is 4.79 Å².